The molecule has 0 spiro atoms. The molecule has 0 bridgehead atoms. The summed E-state index contributed by atoms with van der Waals surface area (Å²) in [6, 6.07) is 13.3. The van der Waals surface area contributed by atoms with Gasteiger partial charge in [-0.05, 0) is 35.7 Å². The van der Waals surface area contributed by atoms with Gasteiger partial charge in [-0.25, -0.2) is 9.18 Å². The Morgan fingerprint density at radius 1 is 1.15 bits per heavy atom. The van der Waals surface area contributed by atoms with Crippen LogP contribution in [-0.2, 0) is 0 Å². The maximum absolute atomic E-state index is 13.7. The molecule has 0 saturated heterocycles. The number of carbonyl (C=O) groups excluding carboxylic acids is 1. The van der Waals surface area contributed by atoms with Crippen LogP contribution in [0.25, 0.3) is 0 Å². The maximum atomic E-state index is 13.7. The van der Waals surface area contributed by atoms with Gasteiger partial charge in [0.05, 0.1) is 5.69 Å². The first-order valence-corrected chi connectivity index (χ1v) is 6.39. The van der Waals surface area contributed by atoms with Gasteiger partial charge in [0.25, 0.3) is 0 Å². The zero-order chi connectivity index (χ0) is 14.5. The van der Waals surface area contributed by atoms with E-state index in [1.165, 1.54) is 6.07 Å². The molecule has 20 heavy (non-hydrogen) atoms. The van der Waals surface area contributed by atoms with Crippen molar-refractivity contribution >= 4 is 11.8 Å². The lowest BCUT2D eigenvalue weighted by molar-refractivity contribution is 0.215. The van der Waals surface area contributed by atoms with Gasteiger partial charge in [0.15, 0.2) is 0 Å². The molecule has 104 valence electrons. The highest BCUT2D eigenvalue weighted by atomic mass is 19.1. The van der Waals surface area contributed by atoms with Crippen LogP contribution in [0.2, 0.25) is 0 Å². The van der Waals surface area contributed by atoms with E-state index in [1.54, 1.807) is 36.4 Å². The van der Waals surface area contributed by atoms with Gasteiger partial charge < -0.3 is 4.74 Å². The molecule has 0 aliphatic rings. The second kappa shape index (κ2) is 6.19. The third-order valence-electron chi connectivity index (χ3n) is 2.85. The summed E-state index contributed by atoms with van der Waals surface area (Å²) in [6.45, 7) is 4.00. The van der Waals surface area contributed by atoms with Gasteiger partial charge in [0.1, 0.15) is 11.6 Å². The van der Waals surface area contributed by atoms with Gasteiger partial charge in [-0.3, -0.25) is 5.32 Å². The van der Waals surface area contributed by atoms with Gasteiger partial charge in [-0.15, -0.1) is 0 Å². The van der Waals surface area contributed by atoms with Crippen molar-refractivity contribution in [2.24, 2.45) is 0 Å². The first-order valence-electron chi connectivity index (χ1n) is 6.39. The molecule has 1 N–H and O–H groups in total. The van der Waals surface area contributed by atoms with Crippen molar-refractivity contribution in [3.05, 3.63) is 59.9 Å². The van der Waals surface area contributed by atoms with E-state index in [0.717, 1.165) is 5.56 Å². The van der Waals surface area contributed by atoms with Crippen molar-refractivity contribution in [1.29, 1.82) is 0 Å². The van der Waals surface area contributed by atoms with Crippen LogP contribution in [0.4, 0.5) is 14.9 Å². The Balaban J connectivity index is 2.09. The molecule has 0 fully saturated rings. The van der Waals surface area contributed by atoms with Crippen molar-refractivity contribution in [1.82, 2.24) is 0 Å². The number of amides is 1. The molecule has 0 aliphatic carbocycles. The molecule has 3 nitrogen and oxygen atoms in total. The summed E-state index contributed by atoms with van der Waals surface area (Å²) in [5.74, 6) is 0.172. The number of carbonyl (C=O) groups is 1. The second-order valence-corrected chi connectivity index (χ2v) is 4.72. The second-order valence-electron chi connectivity index (χ2n) is 4.72. The number of ether oxygens (including phenoxy) is 1. The van der Waals surface area contributed by atoms with Crippen LogP contribution in [0.3, 0.4) is 0 Å². The van der Waals surface area contributed by atoms with Gasteiger partial charge in [-0.1, -0.05) is 38.1 Å². The van der Waals surface area contributed by atoms with E-state index in [2.05, 4.69) is 5.32 Å². The summed E-state index contributed by atoms with van der Waals surface area (Å²) >= 11 is 0. The predicted molar refractivity (Wildman–Crippen MR) is 76.6 cm³/mol. The molecule has 0 radical (unpaired) electrons. The number of para-hydroxylation sites is 1. The van der Waals surface area contributed by atoms with Gasteiger partial charge in [0.2, 0.25) is 0 Å². The molecule has 2 aromatic rings. The standard InChI is InChI=1S/C16H16FNO2/c1-11(2)12-8-9-14(17)15(10-12)18-16(19)20-13-6-4-3-5-7-13/h3-11H,1-2H3,(H,18,19). The Kier molecular flexibility index (Phi) is 4.35. The summed E-state index contributed by atoms with van der Waals surface area (Å²) in [6.07, 6.45) is -0.712. The number of hydrogen-bond acceptors (Lipinski definition) is 2. The number of nitrogens with one attached hydrogen (secondary N) is 1. The normalized spacial score (nSPS) is 10.4. The highest BCUT2D eigenvalue weighted by molar-refractivity contribution is 5.86. The van der Waals surface area contributed by atoms with Crippen LogP contribution in [-0.4, -0.2) is 6.09 Å². The first kappa shape index (κ1) is 14.1. The van der Waals surface area contributed by atoms with Crippen molar-refractivity contribution < 1.29 is 13.9 Å². The Morgan fingerprint density at radius 2 is 1.85 bits per heavy atom. The largest absolute Gasteiger partial charge is 0.417 e. The minimum absolute atomic E-state index is 0.122. The van der Waals surface area contributed by atoms with E-state index in [1.807, 2.05) is 19.9 Å². The van der Waals surface area contributed by atoms with Crippen LogP contribution in [0, 0.1) is 5.82 Å². The van der Waals surface area contributed by atoms with E-state index >= 15 is 0 Å². The quantitative estimate of drug-likeness (QED) is 0.890. The molecule has 1 amide bonds. The Labute approximate surface area is 117 Å². The Hall–Kier alpha value is -2.36. The number of hydrogen-bond donors (Lipinski definition) is 1. The topological polar surface area (TPSA) is 38.3 Å². The lowest BCUT2D eigenvalue weighted by Crippen LogP contribution is -2.17. The smallest absolute Gasteiger partial charge is 0.410 e. The third kappa shape index (κ3) is 3.57. The van der Waals surface area contributed by atoms with E-state index in [0.29, 0.717) is 5.75 Å². The summed E-state index contributed by atoms with van der Waals surface area (Å²) in [5.41, 5.74) is 1.07. The van der Waals surface area contributed by atoms with Crippen molar-refractivity contribution in [2.45, 2.75) is 19.8 Å². The number of halogens is 1. The highest BCUT2D eigenvalue weighted by Crippen LogP contribution is 2.22. The van der Waals surface area contributed by atoms with Gasteiger partial charge in [-0.2, -0.15) is 0 Å². The van der Waals surface area contributed by atoms with Crippen LogP contribution in [0.5, 0.6) is 5.75 Å². The van der Waals surface area contributed by atoms with E-state index < -0.39 is 11.9 Å². The summed E-state index contributed by atoms with van der Waals surface area (Å²) in [4.78, 5) is 11.7. The summed E-state index contributed by atoms with van der Waals surface area (Å²) in [5, 5.41) is 2.42. The van der Waals surface area contributed by atoms with Crippen LogP contribution < -0.4 is 10.1 Å². The van der Waals surface area contributed by atoms with Crippen LogP contribution in [0.15, 0.2) is 48.5 Å². The maximum Gasteiger partial charge on any atom is 0.417 e. The molecule has 2 rings (SSSR count). The molecule has 0 saturated carbocycles. The summed E-state index contributed by atoms with van der Waals surface area (Å²) in [7, 11) is 0. The molecule has 0 unspecified atom stereocenters. The molecule has 4 heteroatoms. The monoisotopic (exact) mass is 273 g/mol. The lowest BCUT2D eigenvalue weighted by Gasteiger charge is -2.11. The highest BCUT2D eigenvalue weighted by Gasteiger charge is 2.10. The third-order valence-corrected chi connectivity index (χ3v) is 2.85. The zero-order valence-electron chi connectivity index (χ0n) is 11.4. The lowest BCUT2D eigenvalue weighted by atomic mass is 10.0. The van der Waals surface area contributed by atoms with Crippen molar-refractivity contribution in [3.63, 3.8) is 0 Å². The van der Waals surface area contributed by atoms with Crippen LogP contribution in [0.1, 0.15) is 25.3 Å². The van der Waals surface area contributed by atoms with E-state index in [4.69, 9.17) is 4.74 Å². The van der Waals surface area contributed by atoms with Crippen molar-refractivity contribution in [3.8, 4) is 5.75 Å². The molecular weight excluding hydrogens is 257 g/mol. The fourth-order valence-corrected chi connectivity index (χ4v) is 1.73. The number of anilines is 1. The molecule has 0 aliphatic heterocycles. The minimum atomic E-state index is -0.712. The number of benzene rings is 2. The molecule has 2 aromatic carbocycles. The average Bonchev–Trinajstić information content (AvgIpc) is 2.42. The number of rotatable bonds is 3. The fourth-order valence-electron chi connectivity index (χ4n) is 1.73. The van der Waals surface area contributed by atoms with Gasteiger partial charge in [0, 0.05) is 0 Å². The van der Waals surface area contributed by atoms with E-state index in [-0.39, 0.29) is 11.6 Å². The van der Waals surface area contributed by atoms with E-state index in [9.17, 15) is 9.18 Å². The summed E-state index contributed by atoms with van der Waals surface area (Å²) < 4.78 is 18.7. The Morgan fingerprint density at radius 3 is 2.50 bits per heavy atom. The van der Waals surface area contributed by atoms with Crippen molar-refractivity contribution in [2.75, 3.05) is 5.32 Å². The zero-order valence-corrected chi connectivity index (χ0v) is 11.4. The SMILES string of the molecule is CC(C)c1ccc(F)c(NC(=O)Oc2ccccc2)c1. The van der Waals surface area contributed by atoms with Crippen LogP contribution >= 0.6 is 0 Å². The molecule has 0 atom stereocenters. The van der Waals surface area contributed by atoms with Gasteiger partial charge >= 0.3 is 6.09 Å². The Bertz CT molecular complexity index is 597. The first-order chi connectivity index (χ1) is 9.56. The fraction of sp³-hybridized carbons (Fsp3) is 0.188. The predicted octanol–water partition coefficient (Wildman–Crippen LogP) is 4.56. The minimum Gasteiger partial charge on any atom is -0.410 e. The molecular formula is C16H16FNO2. The molecule has 0 heterocycles. The average molecular weight is 273 g/mol. The molecule has 0 aromatic heterocycles.